The van der Waals surface area contributed by atoms with Crippen LogP contribution in [-0.2, 0) is 4.74 Å². The van der Waals surface area contributed by atoms with Gasteiger partial charge in [-0.25, -0.2) is 0 Å². The Labute approximate surface area is 105 Å². The SMILES string of the molecule is CC(C)N1CCCC1CC1NCCCO1.Cl. The van der Waals surface area contributed by atoms with Gasteiger partial charge in [0.05, 0.1) is 0 Å². The normalized spacial score (nSPS) is 31.7. The first kappa shape index (κ1) is 14.2. The van der Waals surface area contributed by atoms with Gasteiger partial charge >= 0.3 is 0 Å². The van der Waals surface area contributed by atoms with E-state index in [0.29, 0.717) is 12.3 Å². The van der Waals surface area contributed by atoms with Crippen molar-refractivity contribution in [2.75, 3.05) is 19.7 Å². The number of ether oxygens (including phenoxy) is 1. The molecule has 2 saturated heterocycles. The summed E-state index contributed by atoms with van der Waals surface area (Å²) in [7, 11) is 0. The van der Waals surface area contributed by atoms with Crippen LogP contribution in [0.1, 0.15) is 39.5 Å². The highest BCUT2D eigenvalue weighted by atomic mass is 35.5. The maximum atomic E-state index is 5.73. The number of likely N-dealkylation sites (tertiary alicyclic amines) is 1. The molecular formula is C12H25ClN2O. The van der Waals surface area contributed by atoms with E-state index >= 15 is 0 Å². The van der Waals surface area contributed by atoms with Crippen molar-refractivity contribution in [2.24, 2.45) is 0 Å². The maximum Gasteiger partial charge on any atom is 0.109 e. The summed E-state index contributed by atoms with van der Waals surface area (Å²) in [5.41, 5.74) is 0. The van der Waals surface area contributed by atoms with Crippen LogP contribution in [0.2, 0.25) is 0 Å². The Morgan fingerprint density at radius 1 is 1.38 bits per heavy atom. The molecule has 1 N–H and O–H groups in total. The van der Waals surface area contributed by atoms with E-state index in [2.05, 4.69) is 24.1 Å². The molecule has 96 valence electrons. The number of nitrogens with one attached hydrogen (secondary N) is 1. The second kappa shape index (κ2) is 6.80. The standard InChI is InChI=1S/C12H24N2O.ClH/c1-10(2)14-7-3-5-11(14)9-12-13-6-4-8-15-12;/h10-13H,3-9H2,1-2H3;1H. The number of hydrogen-bond acceptors (Lipinski definition) is 3. The molecule has 2 aliphatic heterocycles. The molecule has 0 radical (unpaired) electrons. The molecule has 0 bridgehead atoms. The number of nitrogens with zero attached hydrogens (tertiary/aromatic N) is 1. The van der Waals surface area contributed by atoms with Crippen LogP contribution in [0.3, 0.4) is 0 Å². The minimum atomic E-state index is 0. The first-order valence-electron chi connectivity index (χ1n) is 6.38. The lowest BCUT2D eigenvalue weighted by atomic mass is 10.1. The maximum absolute atomic E-state index is 5.73. The second-order valence-electron chi connectivity index (χ2n) is 5.03. The van der Waals surface area contributed by atoms with E-state index < -0.39 is 0 Å². The summed E-state index contributed by atoms with van der Waals surface area (Å²) in [6, 6.07) is 1.42. The van der Waals surface area contributed by atoms with Gasteiger partial charge in [-0.1, -0.05) is 0 Å². The van der Waals surface area contributed by atoms with Gasteiger partial charge in [-0.15, -0.1) is 12.4 Å². The summed E-state index contributed by atoms with van der Waals surface area (Å²) in [5.74, 6) is 0. The van der Waals surface area contributed by atoms with Gasteiger partial charge in [0.15, 0.2) is 0 Å². The summed E-state index contributed by atoms with van der Waals surface area (Å²) in [6.07, 6.45) is 5.34. The van der Waals surface area contributed by atoms with Crippen LogP contribution in [0.15, 0.2) is 0 Å². The summed E-state index contributed by atoms with van der Waals surface area (Å²) < 4.78 is 5.73. The molecule has 0 saturated carbocycles. The highest BCUT2D eigenvalue weighted by molar-refractivity contribution is 5.85. The Morgan fingerprint density at radius 2 is 2.19 bits per heavy atom. The Morgan fingerprint density at radius 3 is 2.81 bits per heavy atom. The van der Waals surface area contributed by atoms with Crippen LogP contribution in [0.4, 0.5) is 0 Å². The van der Waals surface area contributed by atoms with E-state index in [1.807, 2.05) is 0 Å². The van der Waals surface area contributed by atoms with E-state index in [1.165, 1.54) is 19.4 Å². The van der Waals surface area contributed by atoms with Crippen LogP contribution < -0.4 is 5.32 Å². The third kappa shape index (κ3) is 3.59. The predicted molar refractivity (Wildman–Crippen MR) is 69.1 cm³/mol. The minimum Gasteiger partial charge on any atom is -0.363 e. The van der Waals surface area contributed by atoms with Crippen LogP contribution >= 0.6 is 12.4 Å². The molecule has 2 rings (SSSR count). The van der Waals surface area contributed by atoms with Crippen molar-refractivity contribution in [3.63, 3.8) is 0 Å². The lowest BCUT2D eigenvalue weighted by molar-refractivity contribution is -0.0187. The molecule has 3 nitrogen and oxygen atoms in total. The number of rotatable bonds is 3. The highest BCUT2D eigenvalue weighted by Gasteiger charge is 2.29. The summed E-state index contributed by atoms with van der Waals surface area (Å²) >= 11 is 0. The molecule has 2 atom stereocenters. The van der Waals surface area contributed by atoms with Gasteiger partial charge in [0.2, 0.25) is 0 Å². The van der Waals surface area contributed by atoms with Gasteiger partial charge in [-0.3, -0.25) is 10.2 Å². The number of hydrogen-bond donors (Lipinski definition) is 1. The zero-order chi connectivity index (χ0) is 10.7. The molecular weight excluding hydrogens is 224 g/mol. The van der Waals surface area contributed by atoms with Crippen molar-refractivity contribution in [2.45, 2.75) is 57.8 Å². The Hall–Kier alpha value is 0.170. The lowest BCUT2D eigenvalue weighted by Gasteiger charge is -2.32. The topological polar surface area (TPSA) is 24.5 Å². The van der Waals surface area contributed by atoms with Crippen molar-refractivity contribution in [3.8, 4) is 0 Å². The largest absolute Gasteiger partial charge is 0.363 e. The van der Waals surface area contributed by atoms with Gasteiger partial charge < -0.3 is 4.74 Å². The van der Waals surface area contributed by atoms with Gasteiger partial charge in [0, 0.05) is 25.1 Å². The van der Waals surface area contributed by atoms with Crippen LogP contribution in [0, 0.1) is 0 Å². The zero-order valence-electron chi connectivity index (χ0n) is 10.4. The van der Waals surface area contributed by atoms with Crippen molar-refractivity contribution in [1.82, 2.24) is 10.2 Å². The minimum absolute atomic E-state index is 0. The quantitative estimate of drug-likeness (QED) is 0.827. The predicted octanol–water partition coefficient (Wildman–Crippen LogP) is 2.01. The zero-order valence-corrected chi connectivity index (χ0v) is 11.3. The molecule has 2 fully saturated rings. The fourth-order valence-electron chi connectivity index (χ4n) is 2.81. The number of halogens is 1. The first-order chi connectivity index (χ1) is 7.27. The van der Waals surface area contributed by atoms with E-state index in [4.69, 9.17) is 4.74 Å². The van der Waals surface area contributed by atoms with Gasteiger partial charge in [-0.05, 0) is 46.2 Å². The molecule has 4 heteroatoms. The summed E-state index contributed by atoms with van der Waals surface area (Å²) in [6.45, 7) is 7.93. The second-order valence-corrected chi connectivity index (χ2v) is 5.03. The summed E-state index contributed by atoms with van der Waals surface area (Å²) in [5, 5.41) is 3.46. The first-order valence-corrected chi connectivity index (χ1v) is 6.38. The molecule has 0 aromatic rings. The average Bonchev–Trinajstić information content (AvgIpc) is 2.67. The van der Waals surface area contributed by atoms with Crippen LogP contribution in [0.25, 0.3) is 0 Å². The molecule has 2 unspecified atom stereocenters. The Kier molecular flexibility index (Phi) is 6.05. The molecule has 0 aromatic heterocycles. The van der Waals surface area contributed by atoms with Crippen molar-refractivity contribution in [3.05, 3.63) is 0 Å². The van der Waals surface area contributed by atoms with Crippen molar-refractivity contribution < 1.29 is 4.74 Å². The average molecular weight is 249 g/mol. The van der Waals surface area contributed by atoms with Gasteiger partial charge in [-0.2, -0.15) is 0 Å². The fourth-order valence-corrected chi connectivity index (χ4v) is 2.81. The highest BCUT2D eigenvalue weighted by Crippen LogP contribution is 2.24. The molecule has 16 heavy (non-hydrogen) atoms. The molecule has 0 spiro atoms. The Balaban J connectivity index is 0.00000128. The molecule has 2 heterocycles. The smallest absolute Gasteiger partial charge is 0.109 e. The summed E-state index contributed by atoms with van der Waals surface area (Å²) in [4.78, 5) is 2.62. The van der Waals surface area contributed by atoms with Gasteiger partial charge in [0.1, 0.15) is 6.23 Å². The van der Waals surface area contributed by atoms with Crippen LogP contribution in [-0.4, -0.2) is 42.9 Å². The van der Waals surface area contributed by atoms with Crippen LogP contribution in [0.5, 0.6) is 0 Å². The molecule has 0 amide bonds. The molecule has 2 aliphatic rings. The van der Waals surface area contributed by atoms with E-state index in [1.54, 1.807) is 0 Å². The van der Waals surface area contributed by atoms with Crippen molar-refractivity contribution >= 4 is 12.4 Å². The Bertz CT molecular complexity index is 195. The molecule has 0 aliphatic carbocycles. The van der Waals surface area contributed by atoms with E-state index in [9.17, 15) is 0 Å². The van der Waals surface area contributed by atoms with E-state index in [-0.39, 0.29) is 12.4 Å². The van der Waals surface area contributed by atoms with Crippen molar-refractivity contribution in [1.29, 1.82) is 0 Å². The molecule has 0 aromatic carbocycles. The monoisotopic (exact) mass is 248 g/mol. The fraction of sp³-hybridized carbons (Fsp3) is 1.00. The lowest BCUT2D eigenvalue weighted by Crippen LogP contribution is -2.44. The van der Waals surface area contributed by atoms with Gasteiger partial charge in [0.25, 0.3) is 0 Å². The third-order valence-electron chi connectivity index (χ3n) is 3.58. The third-order valence-corrected chi connectivity index (χ3v) is 3.58. The van der Waals surface area contributed by atoms with E-state index in [0.717, 1.165) is 32.0 Å².